The van der Waals surface area contributed by atoms with Gasteiger partial charge in [-0.05, 0) is 50.3 Å². The van der Waals surface area contributed by atoms with Crippen LogP contribution in [0.5, 0.6) is 0 Å². The summed E-state index contributed by atoms with van der Waals surface area (Å²) in [5.41, 5.74) is -0.459. The molecule has 6 nitrogen and oxygen atoms in total. The monoisotopic (exact) mass is 404 g/mol. The first-order valence-electron chi connectivity index (χ1n) is 6.98. The molecule has 116 valence electrons. The molecule has 0 saturated carbocycles. The van der Waals surface area contributed by atoms with Gasteiger partial charge in [-0.25, -0.2) is 14.8 Å². The topological polar surface area (TPSA) is 58.6 Å². The smallest absolute Gasteiger partial charge is 0.410 e. The van der Waals surface area contributed by atoms with Crippen molar-refractivity contribution in [3.05, 3.63) is 16.1 Å². The maximum Gasteiger partial charge on any atom is 0.410 e. The van der Waals surface area contributed by atoms with Crippen molar-refractivity contribution in [2.24, 2.45) is 0 Å². The lowest BCUT2D eigenvalue weighted by molar-refractivity contribution is 0.0218. The summed E-state index contributed by atoms with van der Waals surface area (Å²) in [7, 11) is 0. The summed E-state index contributed by atoms with van der Waals surface area (Å²) >= 11 is 2.24. The van der Waals surface area contributed by atoms with Gasteiger partial charge in [-0.1, -0.05) is 0 Å². The van der Waals surface area contributed by atoms with Gasteiger partial charge in [-0.15, -0.1) is 0 Å². The lowest BCUT2D eigenvalue weighted by Crippen LogP contribution is -2.55. The van der Waals surface area contributed by atoms with Crippen LogP contribution in [0.3, 0.4) is 0 Å². The summed E-state index contributed by atoms with van der Waals surface area (Å²) in [5.74, 6) is 0.932. The summed E-state index contributed by atoms with van der Waals surface area (Å²) < 4.78 is 6.45. The third-order valence-corrected chi connectivity index (χ3v) is 3.96. The SMILES string of the molecule is C[C@H]1CN(C(=O)OC(C)(C)C)CCN1c1ncncc1I. The van der Waals surface area contributed by atoms with Crippen LogP contribution in [0.25, 0.3) is 0 Å². The molecule has 1 atom stereocenters. The Balaban J connectivity index is 2.03. The molecule has 1 fully saturated rings. The van der Waals surface area contributed by atoms with Crippen molar-refractivity contribution in [2.75, 3.05) is 24.5 Å². The van der Waals surface area contributed by atoms with Crippen molar-refractivity contribution < 1.29 is 9.53 Å². The maximum atomic E-state index is 12.1. The van der Waals surface area contributed by atoms with Gasteiger partial charge >= 0.3 is 6.09 Å². The second kappa shape index (κ2) is 6.33. The summed E-state index contributed by atoms with van der Waals surface area (Å²) in [6.45, 7) is 9.76. The van der Waals surface area contributed by atoms with Crippen LogP contribution in [0.15, 0.2) is 12.5 Å². The highest BCUT2D eigenvalue weighted by Gasteiger charge is 2.31. The van der Waals surface area contributed by atoms with Crippen LogP contribution in [0.2, 0.25) is 0 Å². The minimum atomic E-state index is -0.459. The number of halogens is 1. The number of nitrogens with zero attached hydrogens (tertiary/aromatic N) is 4. The summed E-state index contributed by atoms with van der Waals surface area (Å²) in [6.07, 6.45) is 3.12. The molecule has 1 aromatic rings. The lowest BCUT2D eigenvalue weighted by atomic mass is 10.2. The molecule has 21 heavy (non-hydrogen) atoms. The molecule has 1 aliphatic heterocycles. The van der Waals surface area contributed by atoms with E-state index in [1.807, 2.05) is 20.8 Å². The Labute approximate surface area is 139 Å². The molecule has 0 aliphatic carbocycles. The van der Waals surface area contributed by atoms with Gasteiger partial charge in [0.05, 0.1) is 3.57 Å². The highest BCUT2D eigenvalue weighted by atomic mass is 127. The van der Waals surface area contributed by atoms with Crippen LogP contribution in [0, 0.1) is 3.57 Å². The van der Waals surface area contributed by atoms with Crippen molar-refractivity contribution in [2.45, 2.75) is 39.3 Å². The number of rotatable bonds is 1. The molecular formula is C14H21IN4O2. The Hall–Kier alpha value is -1.12. The third kappa shape index (κ3) is 4.18. The number of carbonyl (C=O) groups is 1. The van der Waals surface area contributed by atoms with Gasteiger partial charge in [0, 0.05) is 31.9 Å². The van der Waals surface area contributed by atoms with Gasteiger partial charge in [0.25, 0.3) is 0 Å². The zero-order valence-corrected chi connectivity index (χ0v) is 15.0. The Morgan fingerprint density at radius 3 is 2.71 bits per heavy atom. The van der Waals surface area contributed by atoms with E-state index in [9.17, 15) is 4.79 Å². The van der Waals surface area contributed by atoms with Gasteiger partial charge in [0.15, 0.2) is 0 Å². The Kier molecular flexibility index (Phi) is 4.90. The first-order valence-corrected chi connectivity index (χ1v) is 8.06. The summed E-state index contributed by atoms with van der Waals surface area (Å²) in [4.78, 5) is 24.5. The zero-order chi connectivity index (χ0) is 15.6. The average Bonchev–Trinajstić information content (AvgIpc) is 2.38. The van der Waals surface area contributed by atoms with Crippen LogP contribution in [0.4, 0.5) is 10.6 Å². The molecule has 0 radical (unpaired) electrons. The van der Waals surface area contributed by atoms with E-state index in [2.05, 4.69) is 44.4 Å². The van der Waals surface area contributed by atoms with Gasteiger partial charge in [-0.3, -0.25) is 0 Å². The summed E-state index contributed by atoms with van der Waals surface area (Å²) in [5, 5.41) is 0. The van der Waals surface area contributed by atoms with Crippen LogP contribution in [-0.2, 0) is 4.74 Å². The molecule has 0 aromatic carbocycles. The molecule has 1 aromatic heterocycles. The van der Waals surface area contributed by atoms with Crippen LogP contribution in [-0.4, -0.2) is 52.2 Å². The van der Waals surface area contributed by atoms with E-state index in [1.165, 1.54) is 0 Å². The van der Waals surface area contributed by atoms with Crippen molar-refractivity contribution in [1.29, 1.82) is 0 Å². The Bertz CT molecular complexity index is 518. The highest BCUT2D eigenvalue weighted by Crippen LogP contribution is 2.23. The number of ether oxygens (including phenoxy) is 1. The molecule has 0 unspecified atom stereocenters. The number of anilines is 1. The number of carbonyl (C=O) groups excluding carboxylic acids is 1. The van der Waals surface area contributed by atoms with Crippen molar-refractivity contribution in [3.8, 4) is 0 Å². The van der Waals surface area contributed by atoms with E-state index >= 15 is 0 Å². The van der Waals surface area contributed by atoms with Crippen molar-refractivity contribution in [3.63, 3.8) is 0 Å². The number of piperazine rings is 1. The number of amides is 1. The molecule has 2 heterocycles. The molecular weight excluding hydrogens is 383 g/mol. The normalized spacial score (nSPS) is 19.6. The predicted octanol–water partition coefficient (Wildman–Crippen LogP) is 2.53. The number of aromatic nitrogens is 2. The largest absolute Gasteiger partial charge is 0.444 e. The molecule has 0 spiro atoms. The molecule has 7 heteroatoms. The molecule has 2 rings (SSSR count). The van der Waals surface area contributed by atoms with E-state index in [4.69, 9.17) is 4.74 Å². The van der Waals surface area contributed by atoms with Crippen molar-refractivity contribution in [1.82, 2.24) is 14.9 Å². The summed E-state index contributed by atoms with van der Waals surface area (Å²) in [6, 6.07) is 0.190. The van der Waals surface area contributed by atoms with Gasteiger partial charge < -0.3 is 14.5 Å². The number of hydrogen-bond donors (Lipinski definition) is 0. The van der Waals surface area contributed by atoms with Crippen LogP contribution in [0.1, 0.15) is 27.7 Å². The van der Waals surface area contributed by atoms with E-state index in [0.29, 0.717) is 13.1 Å². The average molecular weight is 404 g/mol. The highest BCUT2D eigenvalue weighted by molar-refractivity contribution is 14.1. The fourth-order valence-electron chi connectivity index (χ4n) is 2.28. The molecule has 1 aliphatic rings. The van der Waals surface area contributed by atoms with Gasteiger partial charge in [-0.2, -0.15) is 0 Å². The van der Waals surface area contributed by atoms with E-state index < -0.39 is 5.60 Å². The Morgan fingerprint density at radius 2 is 2.14 bits per heavy atom. The second-order valence-corrected chi connectivity index (χ2v) is 7.33. The third-order valence-electron chi connectivity index (χ3n) is 3.20. The maximum absolute atomic E-state index is 12.1. The van der Waals surface area contributed by atoms with Gasteiger partial charge in [0.2, 0.25) is 0 Å². The van der Waals surface area contributed by atoms with Crippen LogP contribution < -0.4 is 4.90 Å². The van der Waals surface area contributed by atoms with Crippen LogP contribution >= 0.6 is 22.6 Å². The van der Waals surface area contributed by atoms with Crippen molar-refractivity contribution >= 4 is 34.5 Å². The van der Waals surface area contributed by atoms with E-state index in [-0.39, 0.29) is 12.1 Å². The fraction of sp³-hybridized carbons (Fsp3) is 0.643. The standard InChI is InChI=1S/C14H21IN4O2/c1-10-8-18(13(20)21-14(2,3)4)5-6-19(10)12-11(15)7-16-9-17-12/h7,9-10H,5-6,8H2,1-4H3/t10-/m0/s1. The first-order chi connectivity index (χ1) is 9.78. The van der Waals surface area contributed by atoms with Gasteiger partial charge in [0.1, 0.15) is 17.7 Å². The van der Waals surface area contributed by atoms with E-state index in [0.717, 1.165) is 15.9 Å². The number of hydrogen-bond acceptors (Lipinski definition) is 5. The first kappa shape index (κ1) is 16.3. The fourth-order valence-corrected chi connectivity index (χ4v) is 2.89. The molecule has 1 amide bonds. The molecule has 0 bridgehead atoms. The predicted molar refractivity (Wildman–Crippen MR) is 89.4 cm³/mol. The minimum Gasteiger partial charge on any atom is -0.444 e. The minimum absolute atomic E-state index is 0.190. The molecule has 0 N–H and O–H groups in total. The second-order valence-electron chi connectivity index (χ2n) is 6.16. The molecule has 1 saturated heterocycles. The Morgan fingerprint density at radius 1 is 1.43 bits per heavy atom. The quantitative estimate of drug-likeness (QED) is 0.674. The lowest BCUT2D eigenvalue weighted by Gasteiger charge is -2.41. The van der Waals surface area contributed by atoms with E-state index in [1.54, 1.807) is 17.4 Å². The zero-order valence-electron chi connectivity index (χ0n) is 12.8.